The molecular weight excluding hydrogens is 304 g/mol. The highest BCUT2D eigenvalue weighted by molar-refractivity contribution is 5.91. The number of benzene rings is 1. The van der Waals surface area contributed by atoms with Crippen molar-refractivity contribution >= 4 is 11.8 Å². The number of amides is 2. The van der Waals surface area contributed by atoms with Crippen molar-refractivity contribution in [2.45, 2.75) is 32.2 Å². The van der Waals surface area contributed by atoms with Gasteiger partial charge in [-0.15, -0.1) is 0 Å². The molecule has 1 aliphatic rings. The highest BCUT2D eigenvalue weighted by atomic mass is 16.3. The van der Waals surface area contributed by atoms with Crippen molar-refractivity contribution < 1.29 is 14.0 Å². The molecule has 0 bridgehead atoms. The number of hydrogen-bond donors (Lipinski definition) is 1. The normalized spacial score (nSPS) is 15.3. The van der Waals surface area contributed by atoms with Crippen molar-refractivity contribution in [3.8, 4) is 0 Å². The van der Waals surface area contributed by atoms with E-state index in [9.17, 15) is 9.59 Å². The van der Waals surface area contributed by atoms with E-state index in [1.165, 1.54) is 11.8 Å². The molecule has 2 amide bonds. The summed E-state index contributed by atoms with van der Waals surface area (Å²) in [7, 11) is 0. The van der Waals surface area contributed by atoms with Crippen LogP contribution in [0.25, 0.3) is 0 Å². The van der Waals surface area contributed by atoms with Gasteiger partial charge in [-0.05, 0) is 37.5 Å². The number of nitrogens with one attached hydrogen (secondary N) is 1. The monoisotopic (exact) mass is 326 g/mol. The third-order valence-corrected chi connectivity index (χ3v) is 4.37. The number of likely N-dealkylation sites (tertiary alicyclic amines) is 1. The zero-order chi connectivity index (χ0) is 16.9. The maximum absolute atomic E-state index is 12.4. The van der Waals surface area contributed by atoms with Crippen molar-refractivity contribution in [2.24, 2.45) is 0 Å². The minimum absolute atomic E-state index is 0.0885. The SMILES string of the molecule is Cc1cccc(CC(=O)N2CCC(NC(=O)c3ccco3)CC2)c1. The van der Waals surface area contributed by atoms with E-state index in [-0.39, 0.29) is 17.9 Å². The Hall–Kier alpha value is -2.56. The van der Waals surface area contributed by atoms with Crippen LogP contribution in [0.1, 0.15) is 34.5 Å². The van der Waals surface area contributed by atoms with E-state index in [1.807, 2.05) is 36.1 Å². The summed E-state index contributed by atoms with van der Waals surface area (Å²) in [5, 5.41) is 2.97. The van der Waals surface area contributed by atoms with E-state index in [2.05, 4.69) is 5.32 Å². The molecule has 1 aliphatic heterocycles. The van der Waals surface area contributed by atoms with Gasteiger partial charge in [0.05, 0.1) is 12.7 Å². The Bertz CT molecular complexity index is 701. The van der Waals surface area contributed by atoms with Gasteiger partial charge in [-0.1, -0.05) is 29.8 Å². The number of hydrogen-bond acceptors (Lipinski definition) is 3. The van der Waals surface area contributed by atoms with Crippen LogP contribution < -0.4 is 5.32 Å². The summed E-state index contributed by atoms with van der Waals surface area (Å²) in [4.78, 5) is 26.3. The highest BCUT2D eigenvalue weighted by Crippen LogP contribution is 2.14. The molecule has 1 fully saturated rings. The Balaban J connectivity index is 1.48. The van der Waals surface area contributed by atoms with Crippen LogP contribution in [0.4, 0.5) is 0 Å². The van der Waals surface area contributed by atoms with Crippen LogP contribution in [0, 0.1) is 6.92 Å². The van der Waals surface area contributed by atoms with Crippen molar-refractivity contribution in [2.75, 3.05) is 13.1 Å². The largest absolute Gasteiger partial charge is 0.459 e. The van der Waals surface area contributed by atoms with E-state index < -0.39 is 0 Å². The predicted molar refractivity (Wildman–Crippen MR) is 90.7 cm³/mol. The predicted octanol–water partition coefficient (Wildman–Crippen LogP) is 2.55. The smallest absolute Gasteiger partial charge is 0.287 e. The molecular formula is C19H22N2O3. The Morgan fingerprint density at radius 3 is 2.67 bits per heavy atom. The highest BCUT2D eigenvalue weighted by Gasteiger charge is 2.24. The third kappa shape index (κ3) is 4.04. The van der Waals surface area contributed by atoms with Gasteiger partial charge >= 0.3 is 0 Å². The molecule has 0 aliphatic carbocycles. The Morgan fingerprint density at radius 1 is 1.21 bits per heavy atom. The van der Waals surface area contributed by atoms with Gasteiger partial charge in [-0.2, -0.15) is 0 Å². The van der Waals surface area contributed by atoms with Crippen molar-refractivity contribution in [1.82, 2.24) is 10.2 Å². The number of aryl methyl sites for hydroxylation is 1. The van der Waals surface area contributed by atoms with Gasteiger partial charge in [0.25, 0.3) is 5.91 Å². The first-order valence-electron chi connectivity index (χ1n) is 8.29. The number of carbonyl (C=O) groups is 2. The molecule has 3 rings (SSSR count). The summed E-state index contributed by atoms with van der Waals surface area (Å²) in [5.74, 6) is 0.286. The Morgan fingerprint density at radius 2 is 2.00 bits per heavy atom. The van der Waals surface area contributed by atoms with Crippen LogP contribution in [0.5, 0.6) is 0 Å². The lowest BCUT2D eigenvalue weighted by Crippen LogP contribution is -2.46. The van der Waals surface area contributed by atoms with Crippen molar-refractivity contribution in [3.05, 3.63) is 59.5 Å². The summed E-state index contributed by atoms with van der Waals surface area (Å²) < 4.78 is 5.10. The molecule has 5 nitrogen and oxygen atoms in total. The average Bonchev–Trinajstić information content (AvgIpc) is 3.10. The van der Waals surface area contributed by atoms with Crippen LogP contribution in [0.2, 0.25) is 0 Å². The molecule has 1 N–H and O–H groups in total. The summed E-state index contributed by atoms with van der Waals surface area (Å²) in [5.41, 5.74) is 2.22. The molecule has 2 heterocycles. The van der Waals surface area contributed by atoms with E-state index in [0.717, 1.165) is 18.4 Å². The Labute approximate surface area is 141 Å². The first kappa shape index (κ1) is 16.3. The molecule has 0 unspecified atom stereocenters. The standard InChI is InChI=1S/C19H22N2O3/c1-14-4-2-5-15(12-14)13-18(22)21-9-7-16(8-10-21)20-19(23)17-6-3-11-24-17/h2-6,11-12,16H,7-10,13H2,1H3,(H,20,23). The molecule has 5 heteroatoms. The number of piperidine rings is 1. The molecule has 0 saturated carbocycles. The molecule has 0 atom stereocenters. The second-order valence-corrected chi connectivity index (χ2v) is 6.27. The average molecular weight is 326 g/mol. The van der Waals surface area contributed by atoms with Gasteiger partial charge in [-0.25, -0.2) is 0 Å². The number of rotatable bonds is 4. The van der Waals surface area contributed by atoms with Crippen LogP contribution in [-0.4, -0.2) is 35.8 Å². The topological polar surface area (TPSA) is 62.6 Å². The summed E-state index contributed by atoms with van der Waals surface area (Å²) in [6.45, 7) is 3.38. The maximum Gasteiger partial charge on any atom is 0.287 e. The lowest BCUT2D eigenvalue weighted by Gasteiger charge is -2.32. The molecule has 0 spiro atoms. The zero-order valence-corrected chi connectivity index (χ0v) is 13.8. The van der Waals surface area contributed by atoms with Gasteiger partial charge in [0, 0.05) is 19.1 Å². The van der Waals surface area contributed by atoms with Gasteiger partial charge in [0.1, 0.15) is 0 Å². The molecule has 1 aromatic heterocycles. The minimum atomic E-state index is -0.190. The van der Waals surface area contributed by atoms with E-state index in [1.54, 1.807) is 12.1 Å². The third-order valence-electron chi connectivity index (χ3n) is 4.37. The second-order valence-electron chi connectivity index (χ2n) is 6.27. The fourth-order valence-electron chi connectivity index (χ4n) is 3.05. The maximum atomic E-state index is 12.4. The van der Waals surface area contributed by atoms with Gasteiger partial charge in [-0.3, -0.25) is 9.59 Å². The van der Waals surface area contributed by atoms with Crippen LogP contribution in [-0.2, 0) is 11.2 Å². The summed E-state index contributed by atoms with van der Waals surface area (Å²) >= 11 is 0. The number of carbonyl (C=O) groups excluding carboxylic acids is 2. The van der Waals surface area contributed by atoms with Gasteiger partial charge < -0.3 is 14.6 Å². The van der Waals surface area contributed by atoms with E-state index in [4.69, 9.17) is 4.42 Å². The van der Waals surface area contributed by atoms with Crippen molar-refractivity contribution in [3.63, 3.8) is 0 Å². The summed E-state index contributed by atoms with van der Waals surface area (Å²) in [6.07, 6.45) is 3.46. The van der Waals surface area contributed by atoms with Crippen molar-refractivity contribution in [1.29, 1.82) is 0 Å². The second kappa shape index (κ2) is 7.34. The van der Waals surface area contributed by atoms with Gasteiger partial charge in [0.2, 0.25) is 5.91 Å². The van der Waals surface area contributed by atoms with E-state index >= 15 is 0 Å². The molecule has 24 heavy (non-hydrogen) atoms. The van der Waals surface area contributed by atoms with E-state index in [0.29, 0.717) is 25.3 Å². The molecule has 126 valence electrons. The number of nitrogens with zero attached hydrogens (tertiary/aromatic N) is 1. The first-order chi connectivity index (χ1) is 11.6. The fraction of sp³-hybridized carbons (Fsp3) is 0.368. The first-order valence-corrected chi connectivity index (χ1v) is 8.29. The lowest BCUT2D eigenvalue weighted by molar-refractivity contribution is -0.131. The summed E-state index contributed by atoms with van der Waals surface area (Å²) in [6, 6.07) is 11.5. The van der Waals surface area contributed by atoms with Crippen LogP contribution >= 0.6 is 0 Å². The van der Waals surface area contributed by atoms with Crippen LogP contribution in [0.3, 0.4) is 0 Å². The lowest BCUT2D eigenvalue weighted by atomic mass is 10.0. The Kier molecular flexibility index (Phi) is 4.99. The fourth-order valence-corrected chi connectivity index (χ4v) is 3.05. The quantitative estimate of drug-likeness (QED) is 0.939. The minimum Gasteiger partial charge on any atom is -0.459 e. The number of furan rings is 1. The van der Waals surface area contributed by atoms with Gasteiger partial charge in [0.15, 0.2) is 5.76 Å². The molecule has 1 aromatic carbocycles. The molecule has 0 radical (unpaired) electrons. The zero-order valence-electron chi connectivity index (χ0n) is 13.8. The molecule has 2 aromatic rings. The van der Waals surface area contributed by atoms with Crippen LogP contribution in [0.15, 0.2) is 47.1 Å². The molecule has 1 saturated heterocycles.